The monoisotopic (exact) mass is 146 g/mol. The Labute approximate surface area is 60.6 Å². The second-order valence-corrected chi connectivity index (χ2v) is 2.76. The summed E-state index contributed by atoms with van der Waals surface area (Å²) in [5, 5.41) is 18.4. The van der Waals surface area contributed by atoms with E-state index in [1.54, 1.807) is 7.11 Å². The molecule has 0 bridgehead atoms. The Morgan fingerprint density at radius 1 is 1.30 bits per heavy atom. The molecule has 0 heterocycles. The van der Waals surface area contributed by atoms with Crippen molar-refractivity contribution in [3.63, 3.8) is 0 Å². The fourth-order valence-corrected chi connectivity index (χ4v) is 1.37. The van der Waals surface area contributed by atoms with Gasteiger partial charge in [0.05, 0.1) is 12.2 Å². The highest BCUT2D eigenvalue weighted by Crippen LogP contribution is 2.20. The molecule has 1 aliphatic rings. The minimum absolute atomic E-state index is 0.163. The van der Waals surface area contributed by atoms with Gasteiger partial charge in [0.2, 0.25) is 0 Å². The minimum Gasteiger partial charge on any atom is -0.390 e. The third-order valence-corrected chi connectivity index (χ3v) is 2.07. The molecule has 0 amide bonds. The predicted octanol–water partition coefficient (Wildman–Crippen LogP) is -0.0929. The molecule has 0 aromatic carbocycles. The molecule has 3 heteroatoms. The summed E-state index contributed by atoms with van der Waals surface area (Å²) in [6.07, 6.45) is 1.06. The van der Waals surface area contributed by atoms with Crippen LogP contribution in [0.25, 0.3) is 0 Å². The first-order valence-corrected chi connectivity index (χ1v) is 3.64. The van der Waals surface area contributed by atoms with Crippen LogP contribution >= 0.6 is 0 Å². The Hall–Kier alpha value is -0.120. The maximum absolute atomic E-state index is 9.26. The molecule has 2 N–H and O–H groups in total. The van der Waals surface area contributed by atoms with Gasteiger partial charge in [-0.3, -0.25) is 0 Å². The molecule has 3 atom stereocenters. The zero-order chi connectivity index (χ0) is 7.56. The van der Waals surface area contributed by atoms with Crippen molar-refractivity contribution in [2.24, 2.45) is 0 Å². The normalized spacial score (nSPS) is 41.7. The number of aliphatic hydroxyl groups excluding tert-OH is 2. The van der Waals surface area contributed by atoms with Crippen LogP contribution in [0.3, 0.4) is 0 Å². The van der Waals surface area contributed by atoms with Crippen molar-refractivity contribution in [3.05, 3.63) is 0 Å². The first-order chi connectivity index (χ1) is 4.75. The molecule has 0 aromatic heterocycles. The van der Waals surface area contributed by atoms with Crippen LogP contribution in [0.15, 0.2) is 0 Å². The van der Waals surface area contributed by atoms with Crippen molar-refractivity contribution in [2.75, 3.05) is 7.11 Å². The minimum atomic E-state index is -0.682. The zero-order valence-corrected chi connectivity index (χ0v) is 6.16. The molecule has 1 saturated carbocycles. The first kappa shape index (κ1) is 7.98. The molecule has 1 fully saturated rings. The largest absolute Gasteiger partial charge is 0.390 e. The van der Waals surface area contributed by atoms with Gasteiger partial charge in [-0.15, -0.1) is 0 Å². The summed E-state index contributed by atoms with van der Waals surface area (Å²) in [6, 6.07) is 0. The molecular formula is C7H14O3. The standard InChI is InChI=1S/C7H14O3/c1-10-6-4-2-3-5(8)7(6)9/h5-9H,2-4H2,1H3/t5?,6?,7-/m0/s1. The maximum Gasteiger partial charge on any atom is 0.106 e. The molecule has 1 rings (SSSR count). The second kappa shape index (κ2) is 3.32. The third-order valence-electron chi connectivity index (χ3n) is 2.07. The van der Waals surface area contributed by atoms with E-state index in [0.717, 1.165) is 12.8 Å². The molecule has 0 saturated heterocycles. The molecule has 0 aliphatic heterocycles. The number of rotatable bonds is 1. The molecule has 0 spiro atoms. The molecule has 0 aromatic rings. The molecule has 10 heavy (non-hydrogen) atoms. The summed E-state index contributed by atoms with van der Waals surface area (Å²) in [5.74, 6) is 0. The van der Waals surface area contributed by atoms with Gasteiger partial charge in [-0.1, -0.05) is 0 Å². The van der Waals surface area contributed by atoms with Crippen molar-refractivity contribution in [3.8, 4) is 0 Å². The van der Waals surface area contributed by atoms with Gasteiger partial charge in [-0.25, -0.2) is 0 Å². The second-order valence-electron chi connectivity index (χ2n) is 2.76. The van der Waals surface area contributed by atoms with Crippen LogP contribution in [-0.2, 0) is 4.74 Å². The third kappa shape index (κ3) is 1.48. The number of hydrogen-bond donors (Lipinski definition) is 2. The van der Waals surface area contributed by atoms with E-state index in [9.17, 15) is 5.11 Å². The lowest BCUT2D eigenvalue weighted by atomic mass is 9.92. The van der Waals surface area contributed by atoms with E-state index in [1.165, 1.54) is 0 Å². The van der Waals surface area contributed by atoms with Crippen LogP contribution in [0, 0.1) is 0 Å². The van der Waals surface area contributed by atoms with E-state index in [-0.39, 0.29) is 6.10 Å². The van der Waals surface area contributed by atoms with Crippen LogP contribution in [0.4, 0.5) is 0 Å². The molecule has 2 unspecified atom stereocenters. The number of hydrogen-bond acceptors (Lipinski definition) is 3. The maximum atomic E-state index is 9.26. The van der Waals surface area contributed by atoms with Crippen molar-refractivity contribution in [2.45, 2.75) is 37.6 Å². The van der Waals surface area contributed by atoms with Crippen LogP contribution in [0.2, 0.25) is 0 Å². The van der Waals surface area contributed by atoms with E-state index in [1.807, 2.05) is 0 Å². The lowest BCUT2D eigenvalue weighted by Gasteiger charge is -2.30. The van der Waals surface area contributed by atoms with Gasteiger partial charge < -0.3 is 14.9 Å². The smallest absolute Gasteiger partial charge is 0.106 e. The van der Waals surface area contributed by atoms with Gasteiger partial charge in [-0.2, -0.15) is 0 Å². The molecule has 0 radical (unpaired) electrons. The van der Waals surface area contributed by atoms with Crippen LogP contribution in [0.1, 0.15) is 19.3 Å². The van der Waals surface area contributed by atoms with Crippen LogP contribution in [0.5, 0.6) is 0 Å². The Balaban J connectivity index is 2.42. The summed E-state index contributed by atoms with van der Waals surface area (Å²) < 4.78 is 4.96. The Kier molecular flexibility index (Phi) is 2.65. The molecule has 3 nitrogen and oxygen atoms in total. The SMILES string of the molecule is COC1CCCC(O)[C@@H]1O. The fourth-order valence-electron chi connectivity index (χ4n) is 1.37. The van der Waals surface area contributed by atoms with Crippen LogP contribution < -0.4 is 0 Å². The van der Waals surface area contributed by atoms with Crippen LogP contribution in [-0.4, -0.2) is 35.6 Å². The number of ether oxygens (including phenoxy) is 1. The van der Waals surface area contributed by atoms with E-state index >= 15 is 0 Å². The number of aliphatic hydroxyl groups is 2. The Morgan fingerprint density at radius 3 is 2.50 bits per heavy atom. The van der Waals surface area contributed by atoms with Crippen molar-refractivity contribution < 1.29 is 14.9 Å². The first-order valence-electron chi connectivity index (χ1n) is 3.64. The van der Waals surface area contributed by atoms with Crippen molar-refractivity contribution in [1.29, 1.82) is 0 Å². The van der Waals surface area contributed by atoms with Crippen molar-refractivity contribution in [1.82, 2.24) is 0 Å². The highest BCUT2D eigenvalue weighted by Gasteiger charge is 2.29. The predicted molar refractivity (Wildman–Crippen MR) is 36.7 cm³/mol. The quantitative estimate of drug-likeness (QED) is 0.543. The Morgan fingerprint density at radius 2 is 2.00 bits per heavy atom. The van der Waals surface area contributed by atoms with Gasteiger partial charge in [0.15, 0.2) is 0 Å². The van der Waals surface area contributed by atoms with Gasteiger partial charge in [0.25, 0.3) is 0 Å². The summed E-state index contributed by atoms with van der Waals surface area (Å²) >= 11 is 0. The average molecular weight is 146 g/mol. The Bertz CT molecular complexity index is 105. The average Bonchev–Trinajstić information content (AvgIpc) is 1.95. The van der Waals surface area contributed by atoms with Gasteiger partial charge in [0.1, 0.15) is 6.10 Å². The lowest BCUT2D eigenvalue weighted by Crippen LogP contribution is -2.41. The summed E-state index contributed by atoms with van der Waals surface area (Å²) in [4.78, 5) is 0. The lowest BCUT2D eigenvalue weighted by molar-refractivity contribution is -0.0993. The fraction of sp³-hybridized carbons (Fsp3) is 1.00. The van der Waals surface area contributed by atoms with Crippen molar-refractivity contribution >= 4 is 0 Å². The number of methoxy groups -OCH3 is 1. The van der Waals surface area contributed by atoms with E-state index < -0.39 is 12.2 Å². The van der Waals surface area contributed by atoms with Gasteiger partial charge in [0, 0.05) is 7.11 Å². The van der Waals surface area contributed by atoms with E-state index in [4.69, 9.17) is 9.84 Å². The molecule has 1 aliphatic carbocycles. The summed E-state index contributed by atoms with van der Waals surface area (Å²) in [6.45, 7) is 0. The summed E-state index contributed by atoms with van der Waals surface area (Å²) in [7, 11) is 1.56. The molecule has 60 valence electrons. The van der Waals surface area contributed by atoms with E-state index in [2.05, 4.69) is 0 Å². The van der Waals surface area contributed by atoms with Gasteiger partial charge >= 0.3 is 0 Å². The summed E-state index contributed by atoms with van der Waals surface area (Å²) in [5.41, 5.74) is 0. The highest BCUT2D eigenvalue weighted by atomic mass is 16.5. The van der Waals surface area contributed by atoms with E-state index in [0.29, 0.717) is 6.42 Å². The van der Waals surface area contributed by atoms with Gasteiger partial charge in [-0.05, 0) is 19.3 Å². The topological polar surface area (TPSA) is 49.7 Å². The highest BCUT2D eigenvalue weighted by molar-refractivity contribution is 4.81. The zero-order valence-electron chi connectivity index (χ0n) is 6.16. The molecular weight excluding hydrogens is 132 g/mol.